The summed E-state index contributed by atoms with van der Waals surface area (Å²) < 4.78 is 18.6. The second-order valence-electron chi connectivity index (χ2n) is 4.07. The number of benzene rings is 1. The van der Waals surface area contributed by atoms with Crippen molar-refractivity contribution in [3.8, 4) is 11.5 Å². The van der Waals surface area contributed by atoms with Crippen molar-refractivity contribution in [2.24, 2.45) is 5.73 Å². The quantitative estimate of drug-likeness (QED) is 0.744. The molecule has 0 bridgehead atoms. The summed E-state index contributed by atoms with van der Waals surface area (Å²) >= 11 is 0. The molecular weight excluding hydrogens is 233 g/mol. The molecule has 18 heavy (non-hydrogen) atoms. The molecule has 0 aliphatic rings. The van der Waals surface area contributed by atoms with Gasteiger partial charge in [0.05, 0.1) is 11.9 Å². The van der Waals surface area contributed by atoms with Gasteiger partial charge in [0, 0.05) is 23.9 Å². The number of nitrogens with one attached hydrogen (secondary N) is 1. The van der Waals surface area contributed by atoms with Crippen LogP contribution in [0.4, 0.5) is 4.39 Å². The molecule has 0 spiro atoms. The van der Waals surface area contributed by atoms with Crippen LogP contribution in [0.15, 0.2) is 34.9 Å². The Kier molecular flexibility index (Phi) is 2.60. The van der Waals surface area contributed by atoms with Gasteiger partial charge in [-0.25, -0.2) is 9.37 Å². The third-order valence-electron chi connectivity index (χ3n) is 2.76. The molecule has 0 aliphatic carbocycles. The van der Waals surface area contributed by atoms with Crippen molar-refractivity contribution in [3.05, 3.63) is 42.2 Å². The maximum Gasteiger partial charge on any atom is 0.196 e. The molecule has 2 aromatic heterocycles. The monoisotopic (exact) mass is 245 g/mol. The van der Waals surface area contributed by atoms with Crippen molar-refractivity contribution in [1.82, 2.24) is 9.97 Å². The zero-order valence-corrected chi connectivity index (χ0v) is 9.61. The molecule has 3 N–H and O–H groups in total. The second kappa shape index (κ2) is 4.27. The van der Waals surface area contributed by atoms with Gasteiger partial charge in [-0.05, 0) is 24.3 Å². The average Bonchev–Trinajstić information content (AvgIpc) is 2.94. The van der Waals surface area contributed by atoms with E-state index in [2.05, 4.69) is 9.97 Å². The van der Waals surface area contributed by atoms with E-state index in [-0.39, 0.29) is 5.82 Å². The summed E-state index contributed by atoms with van der Waals surface area (Å²) in [5, 5.41) is 0.933. The molecule has 0 saturated heterocycles. The molecule has 2 heterocycles. The highest BCUT2D eigenvalue weighted by Gasteiger charge is 2.09. The van der Waals surface area contributed by atoms with Crippen molar-refractivity contribution < 1.29 is 8.81 Å². The van der Waals surface area contributed by atoms with Gasteiger partial charge >= 0.3 is 0 Å². The summed E-state index contributed by atoms with van der Waals surface area (Å²) in [4.78, 5) is 7.23. The maximum absolute atomic E-state index is 13.1. The van der Waals surface area contributed by atoms with Crippen LogP contribution < -0.4 is 5.73 Å². The minimum absolute atomic E-state index is 0.266. The molecule has 92 valence electrons. The van der Waals surface area contributed by atoms with E-state index < -0.39 is 0 Å². The van der Waals surface area contributed by atoms with Gasteiger partial charge in [0.1, 0.15) is 5.82 Å². The molecule has 3 rings (SSSR count). The third-order valence-corrected chi connectivity index (χ3v) is 2.76. The van der Waals surface area contributed by atoms with Crippen molar-refractivity contribution in [1.29, 1.82) is 0 Å². The molecule has 0 radical (unpaired) electrons. The fourth-order valence-corrected chi connectivity index (χ4v) is 1.91. The number of aromatic amines is 1. The summed E-state index contributed by atoms with van der Waals surface area (Å²) in [6.45, 7) is 0.498. The average molecular weight is 245 g/mol. The van der Waals surface area contributed by atoms with Crippen LogP contribution in [-0.2, 0) is 6.42 Å². The fourth-order valence-electron chi connectivity index (χ4n) is 1.91. The largest absolute Gasteiger partial charge is 0.439 e. The van der Waals surface area contributed by atoms with Gasteiger partial charge in [0.25, 0.3) is 0 Å². The van der Waals surface area contributed by atoms with Crippen LogP contribution in [0.1, 0.15) is 5.89 Å². The molecule has 0 saturated carbocycles. The van der Waals surface area contributed by atoms with Crippen LogP contribution in [0.25, 0.3) is 22.4 Å². The first-order valence-corrected chi connectivity index (χ1v) is 5.69. The van der Waals surface area contributed by atoms with Crippen LogP contribution >= 0.6 is 0 Å². The van der Waals surface area contributed by atoms with Gasteiger partial charge < -0.3 is 15.1 Å². The molecule has 0 atom stereocenters. The van der Waals surface area contributed by atoms with Gasteiger partial charge in [0.2, 0.25) is 0 Å². The first kappa shape index (κ1) is 11.0. The summed E-state index contributed by atoms with van der Waals surface area (Å²) in [7, 11) is 0. The maximum atomic E-state index is 13.1. The SMILES string of the molecule is NCCc1ncc(-c2cc3ccc(F)cc3[nH]2)o1. The minimum Gasteiger partial charge on any atom is -0.439 e. The standard InChI is InChI=1S/C13H12FN3O/c14-9-2-1-8-5-11(17-10(8)6-9)12-7-16-13(18-12)3-4-15/h1-2,5-7,17H,3-4,15H2. The lowest BCUT2D eigenvalue weighted by Crippen LogP contribution is -2.02. The summed E-state index contributed by atoms with van der Waals surface area (Å²) in [6.07, 6.45) is 2.25. The van der Waals surface area contributed by atoms with Crippen LogP contribution in [-0.4, -0.2) is 16.5 Å². The number of rotatable bonds is 3. The van der Waals surface area contributed by atoms with Crippen molar-refractivity contribution >= 4 is 10.9 Å². The Morgan fingerprint density at radius 2 is 2.22 bits per heavy atom. The topological polar surface area (TPSA) is 67.8 Å². The molecule has 0 fully saturated rings. The number of fused-ring (bicyclic) bond motifs is 1. The normalized spacial score (nSPS) is 11.2. The van der Waals surface area contributed by atoms with Crippen molar-refractivity contribution in [2.45, 2.75) is 6.42 Å². The molecule has 3 aromatic rings. The lowest BCUT2D eigenvalue weighted by atomic mass is 10.2. The number of aromatic nitrogens is 2. The molecule has 0 aliphatic heterocycles. The van der Waals surface area contributed by atoms with Crippen molar-refractivity contribution in [2.75, 3.05) is 6.54 Å². The van der Waals surface area contributed by atoms with Crippen molar-refractivity contribution in [3.63, 3.8) is 0 Å². The first-order valence-electron chi connectivity index (χ1n) is 5.69. The Labute approximate surface area is 103 Å². The zero-order valence-electron chi connectivity index (χ0n) is 9.61. The number of nitrogens with two attached hydrogens (primary N) is 1. The molecule has 1 aromatic carbocycles. The van der Waals surface area contributed by atoms with E-state index in [1.165, 1.54) is 12.1 Å². The van der Waals surface area contributed by atoms with E-state index in [4.69, 9.17) is 10.2 Å². The Hall–Kier alpha value is -2.14. The van der Waals surface area contributed by atoms with Crippen LogP contribution in [0.5, 0.6) is 0 Å². The lowest BCUT2D eigenvalue weighted by Gasteiger charge is -1.91. The van der Waals surface area contributed by atoms with Gasteiger partial charge in [0.15, 0.2) is 11.7 Å². The Morgan fingerprint density at radius 3 is 3.06 bits per heavy atom. The number of hydrogen-bond acceptors (Lipinski definition) is 3. The Balaban J connectivity index is 2.02. The predicted octanol–water partition coefficient (Wildman–Crippen LogP) is 2.46. The van der Waals surface area contributed by atoms with E-state index in [1.54, 1.807) is 12.3 Å². The van der Waals surface area contributed by atoms with E-state index in [9.17, 15) is 4.39 Å². The predicted molar refractivity (Wildman–Crippen MR) is 66.5 cm³/mol. The smallest absolute Gasteiger partial charge is 0.196 e. The number of oxazole rings is 1. The van der Waals surface area contributed by atoms with Gasteiger partial charge in [-0.2, -0.15) is 0 Å². The number of halogens is 1. The van der Waals surface area contributed by atoms with E-state index in [0.29, 0.717) is 24.6 Å². The molecule has 0 amide bonds. The number of nitrogens with zero attached hydrogens (tertiary/aromatic N) is 1. The highest BCUT2D eigenvalue weighted by molar-refractivity contribution is 5.84. The van der Waals surface area contributed by atoms with Gasteiger partial charge in [-0.1, -0.05) is 0 Å². The second-order valence-corrected chi connectivity index (χ2v) is 4.07. The van der Waals surface area contributed by atoms with Crippen LogP contribution in [0, 0.1) is 5.82 Å². The van der Waals surface area contributed by atoms with Crippen LogP contribution in [0.3, 0.4) is 0 Å². The number of hydrogen-bond donors (Lipinski definition) is 2. The van der Waals surface area contributed by atoms with Gasteiger partial charge in [-0.15, -0.1) is 0 Å². The molecule has 0 unspecified atom stereocenters. The summed E-state index contributed by atoms with van der Waals surface area (Å²) in [6, 6.07) is 6.51. The fraction of sp³-hybridized carbons (Fsp3) is 0.154. The molecule has 5 heteroatoms. The van der Waals surface area contributed by atoms with E-state index >= 15 is 0 Å². The Bertz CT molecular complexity index is 686. The summed E-state index contributed by atoms with van der Waals surface area (Å²) in [5.41, 5.74) is 6.96. The Morgan fingerprint density at radius 1 is 1.33 bits per heavy atom. The minimum atomic E-state index is -0.266. The van der Waals surface area contributed by atoms with E-state index in [0.717, 1.165) is 16.6 Å². The van der Waals surface area contributed by atoms with Crippen LogP contribution in [0.2, 0.25) is 0 Å². The lowest BCUT2D eigenvalue weighted by molar-refractivity contribution is 0.507. The van der Waals surface area contributed by atoms with Gasteiger partial charge in [-0.3, -0.25) is 0 Å². The van der Waals surface area contributed by atoms with E-state index in [1.807, 2.05) is 6.07 Å². The zero-order chi connectivity index (χ0) is 12.5. The molecular formula is C13H12FN3O. The first-order chi connectivity index (χ1) is 8.76. The number of H-pyrrole nitrogens is 1. The highest BCUT2D eigenvalue weighted by Crippen LogP contribution is 2.25. The summed E-state index contributed by atoms with van der Waals surface area (Å²) in [5.74, 6) is 0.977. The highest BCUT2D eigenvalue weighted by atomic mass is 19.1. The molecule has 4 nitrogen and oxygen atoms in total. The third kappa shape index (κ3) is 1.89.